The highest BCUT2D eigenvalue weighted by Crippen LogP contribution is 2.47. The molecule has 242 valence electrons. The smallest absolute Gasteiger partial charge is 0.456 e. The van der Waals surface area contributed by atoms with Gasteiger partial charge in [0.2, 0.25) is 21.8 Å². The average Bonchev–Trinajstić information content (AvgIpc) is 3.90. The van der Waals surface area contributed by atoms with E-state index in [0.29, 0.717) is 55.1 Å². The second-order valence-electron chi connectivity index (χ2n) is 13.0. The van der Waals surface area contributed by atoms with Crippen molar-refractivity contribution in [1.29, 1.82) is 0 Å². The molecule has 3 saturated carbocycles. The van der Waals surface area contributed by atoms with Crippen LogP contribution in [0.4, 0.5) is 5.95 Å². The van der Waals surface area contributed by atoms with Crippen LogP contribution in [0.2, 0.25) is 0 Å². The molecule has 2 N–H and O–H groups in total. The fraction of sp³-hybridized carbons (Fsp3) is 0.531. The number of sulfonamides is 1. The maximum absolute atomic E-state index is 14.1. The van der Waals surface area contributed by atoms with Crippen LogP contribution in [0.1, 0.15) is 51.4 Å². The Bertz CT molecular complexity index is 1790. The molecule has 1 aromatic carbocycles. The number of benzene rings is 1. The lowest BCUT2D eigenvalue weighted by atomic mass is 9.93. The monoisotopic (exact) mass is 648 g/mol. The number of azo groups is 2. The summed E-state index contributed by atoms with van der Waals surface area (Å²) in [6.45, 7) is 1.09. The number of hydrogen-bond acceptors (Lipinski definition) is 9. The first-order chi connectivity index (χ1) is 22.1. The number of carbonyl (C=O) groups excluding carboxylic acids is 3. The van der Waals surface area contributed by atoms with Gasteiger partial charge < -0.3 is 15.0 Å². The highest BCUT2D eigenvalue weighted by atomic mass is 32.2. The molecule has 0 spiro atoms. The Balaban J connectivity index is 1.17. The van der Waals surface area contributed by atoms with Gasteiger partial charge in [-0.25, -0.2) is 8.42 Å². The molecule has 3 aliphatic carbocycles. The van der Waals surface area contributed by atoms with Crippen molar-refractivity contribution < 1.29 is 32.2 Å². The van der Waals surface area contributed by atoms with Gasteiger partial charge in [-0.05, 0) is 74.6 Å². The molecule has 2 aliphatic heterocycles. The molecule has 0 radical (unpaired) electrons. The van der Waals surface area contributed by atoms with Crippen LogP contribution in [0.15, 0.2) is 53.8 Å². The molecule has 13 nitrogen and oxygen atoms in total. The van der Waals surface area contributed by atoms with Gasteiger partial charge in [-0.3, -0.25) is 19.1 Å². The maximum Gasteiger partial charge on any atom is 0.456 e. The lowest BCUT2D eigenvalue weighted by Gasteiger charge is -2.26. The Morgan fingerprint density at radius 1 is 1.11 bits per heavy atom. The molecule has 14 heteroatoms. The zero-order valence-electron chi connectivity index (χ0n) is 25.7. The summed E-state index contributed by atoms with van der Waals surface area (Å²) in [6.07, 6.45) is 11.1. The topological polar surface area (TPSA) is 163 Å². The van der Waals surface area contributed by atoms with E-state index in [1.54, 1.807) is 22.8 Å². The van der Waals surface area contributed by atoms with E-state index in [0.717, 1.165) is 19.3 Å². The van der Waals surface area contributed by atoms with Crippen molar-refractivity contribution in [3.05, 3.63) is 48.7 Å². The zero-order chi connectivity index (χ0) is 32.1. The van der Waals surface area contributed by atoms with E-state index < -0.39 is 50.6 Å². The van der Waals surface area contributed by atoms with Crippen molar-refractivity contribution in [2.45, 2.75) is 68.3 Å². The molecule has 46 heavy (non-hydrogen) atoms. The Hall–Kier alpha value is -4.20. The Morgan fingerprint density at radius 2 is 1.91 bits per heavy atom. The number of aromatic nitrogens is 2. The molecule has 2 aromatic rings. The van der Waals surface area contributed by atoms with Gasteiger partial charge in [0.15, 0.2) is 5.52 Å². The number of hydrogen-bond donors (Lipinski definition) is 2. The van der Waals surface area contributed by atoms with Gasteiger partial charge >= 0.3 is 11.8 Å². The number of carbonyl (C=O) groups is 3. The van der Waals surface area contributed by atoms with E-state index in [4.69, 9.17) is 4.74 Å². The normalized spacial score (nSPS) is 30.5. The second kappa shape index (κ2) is 11.9. The molecule has 1 aromatic heterocycles. The maximum atomic E-state index is 14.1. The number of rotatable bonds is 6. The lowest BCUT2D eigenvalue weighted by molar-refractivity contribution is -0.500. The number of para-hydroxylation sites is 1. The quantitative estimate of drug-likeness (QED) is 0.357. The first kappa shape index (κ1) is 30.5. The SMILES string of the molecule is CN1CCCC/C=C\[C@@H]2C[C@@]2(C(=O)NS(=O)(=O)C2CC2)NC(=O)[C@@H]2C[C@@H](Oc3nc([N+]4=NC=CC4)nc4ccccc34)C[C@H]2C1=O. The van der Waals surface area contributed by atoms with Crippen molar-refractivity contribution in [2.24, 2.45) is 22.9 Å². The molecule has 7 rings (SSSR count). The fourth-order valence-corrected chi connectivity index (χ4v) is 8.11. The van der Waals surface area contributed by atoms with Crippen molar-refractivity contribution in [1.82, 2.24) is 24.9 Å². The van der Waals surface area contributed by atoms with Crippen molar-refractivity contribution in [3.8, 4) is 5.88 Å². The summed E-state index contributed by atoms with van der Waals surface area (Å²) in [5.74, 6) is -2.43. The number of fused-ring (bicyclic) bond motifs is 3. The van der Waals surface area contributed by atoms with Gasteiger partial charge in [-0.1, -0.05) is 29.3 Å². The molecule has 0 saturated heterocycles. The molecule has 0 unspecified atom stereocenters. The Kier molecular flexibility index (Phi) is 7.86. The van der Waals surface area contributed by atoms with Crippen LogP contribution < -0.4 is 14.8 Å². The summed E-state index contributed by atoms with van der Waals surface area (Å²) < 4.78 is 35.7. The van der Waals surface area contributed by atoms with E-state index in [1.165, 1.54) is 0 Å². The molecular formula is C32H38N7O6S+. The lowest BCUT2D eigenvalue weighted by Crippen LogP contribution is -2.54. The summed E-state index contributed by atoms with van der Waals surface area (Å²) >= 11 is 0. The zero-order valence-corrected chi connectivity index (χ0v) is 26.5. The summed E-state index contributed by atoms with van der Waals surface area (Å²) in [7, 11) is -2.06. The van der Waals surface area contributed by atoms with Crippen LogP contribution in [0.5, 0.6) is 5.88 Å². The van der Waals surface area contributed by atoms with Crippen LogP contribution in [-0.2, 0) is 24.4 Å². The van der Waals surface area contributed by atoms with Crippen molar-refractivity contribution in [2.75, 3.05) is 20.1 Å². The third-order valence-electron chi connectivity index (χ3n) is 9.65. The second-order valence-corrected chi connectivity index (χ2v) is 14.9. The van der Waals surface area contributed by atoms with Crippen LogP contribution in [0.25, 0.3) is 10.9 Å². The van der Waals surface area contributed by atoms with E-state index >= 15 is 0 Å². The fourth-order valence-electron chi connectivity index (χ4n) is 6.75. The first-order valence-electron chi connectivity index (χ1n) is 16.0. The number of nitrogens with one attached hydrogen (secondary N) is 2. The van der Waals surface area contributed by atoms with Gasteiger partial charge in [-0.2, -0.15) is 0 Å². The molecule has 5 atom stereocenters. The molecule has 3 heterocycles. The van der Waals surface area contributed by atoms with Crippen LogP contribution >= 0.6 is 0 Å². The number of nitrogens with zero attached hydrogens (tertiary/aromatic N) is 5. The van der Waals surface area contributed by atoms with Gasteiger partial charge in [0, 0.05) is 19.5 Å². The minimum Gasteiger partial charge on any atom is -0.462 e. The van der Waals surface area contributed by atoms with Crippen molar-refractivity contribution >= 4 is 44.6 Å². The molecule has 5 aliphatic rings. The summed E-state index contributed by atoms with van der Waals surface area (Å²) in [5.41, 5.74) is -0.708. The number of ether oxygens (including phenoxy) is 1. The van der Waals surface area contributed by atoms with Crippen LogP contribution in [0, 0.1) is 17.8 Å². The minimum atomic E-state index is -3.81. The number of amides is 3. The Labute approximate surface area is 267 Å². The van der Waals surface area contributed by atoms with Crippen LogP contribution in [-0.4, -0.2) is 82.7 Å². The third-order valence-corrected chi connectivity index (χ3v) is 11.5. The van der Waals surface area contributed by atoms with Crippen LogP contribution in [0.3, 0.4) is 0 Å². The predicted octanol–water partition coefficient (Wildman–Crippen LogP) is 2.71. The highest BCUT2D eigenvalue weighted by molar-refractivity contribution is 7.91. The highest BCUT2D eigenvalue weighted by Gasteiger charge is 2.62. The van der Waals surface area contributed by atoms with Crippen molar-refractivity contribution in [3.63, 3.8) is 0 Å². The molecular weight excluding hydrogens is 610 g/mol. The third kappa shape index (κ3) is 5.90. The van der Waals surface area contributed by atoms with Gasteiger partial charge in [0.05, 0.1) is 28.7 Å². The van der Waals surface area contributed by atoms with Gasteiger partial charge in [0.1, 0.15) is 18.2 Å². The summed E-state index contributed by atoms with van der Waals surface area (Å²) in [4.78, 5) is 52.4. The predicted molar refractivity (Wildman–Crippen MR) is 166 cm³/mol. The van der Waals surface area contributed by atoms with E-state index in [1.807, 2.05) is 42.5 Å². The largest absolute Gasteiger partial charge is 0.462 e. The number of allylic oxidation sites excluding steroid dienone is 1. The van der Waals surface area contributed by atoms with Gasteiger partial charge in [0.25, 0.3) is 5.91 Å². The molecule has 0 bridgehead atoms. The van der Waals surface area contributed by atoms with E-state index in [9.17, 15) is 22.8 Å². The standard InChI is InChI=1S/C32H37N7O6S/c1-38-15-7-3-2-4-9-20-19-32(20,30(42)37-46(43,44)22-12-13-22)36-27(40)24-17-21(18-25(24)29(38)41)45-28-23-10-5-6-11-26(23)34-31(35-28)39-16-8-14-33-39/h4-6,8-11,14,20-22,24-25H,2-3,7,12-13,15-19H2,1H3,(H-,36,37,40,42)/p+1/b9-4-/t20-,21-,24-,25-,32-/m1/s1. The first-order valence-corrected chi connectivity index (χ1v) is 17.6. The van der Waals surface area contributed by atoms with E-state index in [-0.39, 0.29) is 24.7 Å². The van der Waals surface area contributed by atoms with Gasteiger partial charge in [-0.15, -0.1) is 9.81 Å². The molecule has 3 fully saturated rings. The van der Waals surface area contributed by atoms with E-state index in [2.05, 4.69) is 25.1 Å². The average molecular weight is 649 g/mol. The summed E-state index contributed by atoms with van der Waals surface area (Å²) in [5, 5.41) is 7.35. The Morgan fingerprint density at radius 3 is 2.70 bits per heavy atom. The summed E-state index contributed by atoms with van der Waals surface area (Å²) in [6, 6.07) is 7.48. The minimum absolute atomic E-state index is 0.156. The molecule has 3 amide bonds.